The highest BCUT2D eigenvalue weighted by Gasteiger charge is 1.75. The van der Waals surface area contributed by atoms with Gasteiger partial charge in [0.25, 0.3) is 0 Å². The van der Waals surface area contributed by atoms with Crippen molar-refractivity contribution in [3.05, 3.63) is 0 Å². The van der Waals surface area contributed by atoms with Gasteiger partial charge in [-0.25, -0.2) is 9.98 Å². The Morgan fingerprint density at radius 3 is 2.75 bits per heavy atom. The quantitative estimate of drug-likeness (QED) is 0.397. The molecule has 0 saturated carbocycles. The minimum atomic E-state index is 0.606. The molecule has 8 heavy (non-hydrogen) atoms. The Balaban J connectivity index is 3.79. The fourth-order valence-electron chi connectivity index (χ4n) is 0.197. The Morgan fingerprint density at radius 1 is 1.75 bits per heavy atom. The third kappa shape index (κ3) is 3.91. The van der Waals surface area contributed by atoms with Crippen LogP contribution in [0.25, 0.3) is 0 Å². The summed E-state index contributed by atoms with van der Waals surface area (Å²) in [5.41, 5.74) is 0. The van der Waals surface area contributed by atoms with E-state index < -0.39 is 0 Å². The van der Waals surface area contributed by atoms with Gasteiger partial charge in [-0.1, -0.05) is 0 Å². The first kappa shape index (κ1) is 7.74. The molecule has 4 heteroatoms. The van der Waals surface area contributed by atoms with Gasteiger partial charge in [0.2, 0.25) is 0 Å². The second-order valence-electron chi connectivity index (χ2n) is 1.03. The fourth-order valence-corrected chi connectivity index (χ4v) is 0.600. The van der Waals surface area contributed by atoms with Gasteiger partial charge < -0.3 is 0 Å². The highest BCUT2D eigenvalue weighted by atomic mass is 127. The maximum atomic E-state index is 6.52. The molecule has 44 valence electrons. The predicted octanol–water partition coefficient (Wildman–Crippen LogP) is 1.48. The lowest BCUT2D eigenvalue weighted by molar-refractivity contribution is 1.48. The normalized spacial score (nSPS) is 12.5. The van der Waals surface area contributed by atoms with Gasteiger partial charge in [0.05, 0.1) is 4.22 Å². The molecule has 0 aliphatic carbocycles. The predicted molar refractivity (Wildman–Crippen MR) is 44.4 cm³/mol. The molecule has 0 aromatic rings. The van der Waals surface area contributed by atoms with Crippen LogP contribution in [0.2, 0.25) is 0 Å². The Bertz CT molecular complexity index is 127. The standard InChI is InChI=1S/C4H6IN3/c1-4(7-2-5)8-3-6/h2-3,6H,1H3. The molecule has 0 saturated heterocycles. The summed E-state index contributed by atoms with van der Waals surface area (Å²) in [4.78, 5) is 7.34. The van der Waals surface area contributed by atoms with Crippen LogP contribution in [0.3, 0.4) is 0 Å². The molecule has 3 nitrogen and oxygen atoms in total. The highest BCUT2D eigenvalue weighted by molar-refractivity contribution is 14.1. The first-order valence-corrected chi connectivity index (χ1v) is 3.22. The van der Waals surface area contributed by atoms with E-state index in [0.717, 1.165) is 6.34 Å². The minimum absolute atomic E-state index is 0.606. The smallest absolute Gasteiger partial charge is 0.127 e. The first-order valence-electron chi connectivity index (χ1n) is 1.97. The molecular formula is C4H6IN3. The van der Waals surface area contributed by atoms with Gasteiger partial charge in [0.15, 0.2) is 0 Å². The zero-order valence-corrected chi connectivity index (χ0v) is 6.58. The van der Waals surface area contributed by atoms with Crippen LogP contribution in [0.15, 0.2) is 9.98 Å². The van der Waals surface area contributed by atoms with E-state index in [-0.39, 0.29) is 0 Å². The highest BCUT2D eigenvalue weighted by Crippen LogP contribution is 1.78. The van der Waals surface area contributed by atoms with E-state index in [1.165, 1.54) is 0 Å². The minimum Gasteiger partial charge on any atom is -0.289 e. The molecule has 0 fully saturated rings. The van der Waals surface area contributed by atoms with E-state index >= 15 is 0 Å². The van der Waals surface area contributed by atoms with Gasteiger partial charge in [-0.15, -0.1) is 0 Å². The number of rotatable bonds is 1. The summed E-state index contributed by atoms with van der Waals surface area (Å²) in [5, 5.41) is 6.52. The molecule has 0 rings (SSSR count). The zero-order valence-electron chi connectivity index (χ0n) is 4.43. The average Bonchev–Trinajstić information content (AvgIpc) is 1.68. The summed E-state index contributed by atoms with van der Waals surface area (Å²) in [6.07, 6.45) is 0.971. The van der Waals surface area contributed by atoms with Crippen LogP contribution in [0.4, 0.5) is 0 Å². The van der Waals surface area contributed by atoms with Gasteiger partial charge >= 0.3 is 0 Å². The van der Waals surface area contributed by atoms with Crippen LogP contribution in [0.5, 0.6) is 0 Å². The first-order chi connectivity index (χ1) is 3.81. The molecule has 0 radical (unpaired) electrons. The third-order valence-corrected chi connectivity index (χ3v) is 0.766. The van der Waals surface area contributed by atoms with Crippen molar-refractivity contribution in [2.45, 2.75) is 6.92 Å². The lowest BCUT2D eigenvalue weighted by Gasteiger charge is -1.80. The second-order valence-corrected chi connectivity index (χ2v) is 1.59. The number of aliphatic imine (C=N–C) groups is 2. The largest absolute Gasteiger partial charge is 0.289 e. The van der Waals surface area contributed by atoms with Crippen LogP contribution >= 0.6 is 22.6 Å². The van der Waals surface area contributed by atoms with E-state index in [2.05, 4.69) is 9.98 Å². The number of halogens is 1. The van der Waals surface area contributed by atoms with Crippen molar-refractivity contribution in [2.24, 2.45) is 9.98 Å². The average molecular weight is 223 g/mol. The van der Waals surface area contributed by atoms with Crippen LogP contribution in [-0.4, -0.2) is 16.4 Å². The Hall–Kier alpha value is -0.260. The molecule has 0 heterocycles. The Labute approximate surface area is 61.6 Å². The molecular weight excluding hydrogens is 217 g/mol. The molecule has 1 N–H and O–H groups in total. The van der Waals surface area contributed by atoms with Crippen molar-refractivity contribution >= 4 is 39.0 Å². The van der Waals surface area contributed by atoms with Crippen molar-refractivity contribution < 1.29 is 0 Å². The Morgan fingerprint density at radius 2 is 2.38 bits per heavy atom. The summed E-state index contributed by atoms with van der Waals surface area (Å²) >= 11 is 1.99. The van der Waals surface area contributed by atoms with Gasteiger partial charge in [-0.05, 0) is 29.5 Å². The fraction of sp³-hybridized carbons (Fsp3) is 0.250. The van der Waals surface area contributed by atoms with E-state index in [4.69, 9.17) is 5.41 Å². The number of amidine groups is 1. The molecule has 0 amide bonds. The van der Waals surface area contributed by atoms with Crippen LogP contribution < -0.4 is 0 Å². The second kappa shape index (κ2) is 4.89. The lowest BCUT2D eigenvalue weighted by atomic mass is 10.7. The van der Waals surface area contributed by atoms with Gasteiger partial charge in [0.1, 0.15) is 12.2 Å². The van der Waals surface area contributed by atoms with Gasteiger partial charge in [-0.2, -0.15) is 0 Å². The molecule has 0 aliphatic rings. The van der Waals surface area contributed by atoms with Crippen LogP contribution in [0.1, 0.15) is 6.92 Å². The number of hydrogen-bond donors (Lipinski definition) is 1. The van der Waals surface area contributed by atoms with Crippen LogP contribution in [0, 0.1) is 5.41 Å². The van der Waals surface area contributed by atoms with E-state index in [1.807, 2.05) is 22.6 Å². The van der Waals surface area contributed by atoms with Crippen LogP contribution in [-0.2, 0) is 0 Å². The molecule has 0 aromatic heterocycles. The SMILES string of the molecule is CC(N=CI)=NC=N. The third-order valence-electron chi connectivity index (χ3n) is 0.487. The summed E-state index contributed by atoms with van der Waals surface area (Å²) in [6.45, 7) is 1.74. The summed E-state index contributed by atoms with van der Waals surface area (Å²) in [6, 6.07) is 0. The van der Waals surface area contributed by atoms with Crippen molar-refractivity contribution in [1.82, 2.24) is 0 Å². The number of nitrogens with one attached hydrogen (secondary N) is 1. The molecule has 0 spiro atoms. The lowest BCUT2D eigenvalue weighted by Crippen LogP contribution is -1.82. The molecule has 0 unspecified atom stereocenters. The van der Waals surface area contributed by atoms with E-state index in [1.54, 1.807) is 11.1 Å². The Kier molecular flexibility index (Phi) is 4.73. The van der Waals surface area contributed by atoms with Gasteiger partial charge in [-0.3, -0.25) is 5.41 Å². The summed E-state index contributed by atoms with van der Waals surface area (Å²) < 4.78 is 1.61. The summed E-state index contributed by atoms with van der Waals surface area (Å²) in [5.74, 6) is 0.606. The number of nitrogens with zero attached hydrogens (tertiary/aromatic N) is 2. The summed E-state index contributed by atoms with van der Waals surface area (Å²) in [7, 11) is 0. The topological polar surface area (TPSA) is 48.6 Å². The number of hydrogen-bond acceptors (Lipinski definition) is 1. The molecule has 0 atom stereocenters. The maximum Gasteiger partial charge on any atom is 0.127 e. The van der Waals surface area contributed by atoms with Crippen molar-refractivity contribution in [3.63, 3.8) is 0 Å². The monoisotopic (exact) mass is 223 g/mol. The van der Waals surface area contributed by atoms with Crippen molar-refractivity contribution in [3.8, 4) is 0 Å². The van der Waals surface area contributed by atoms with Crippen molar-refractivity contribution in [2.75, 3.05) is 0 Å². The van der Waals surface area contributed by atoms with Crippen molar-refractivity contribution in [1.29, 1.82) is 5.41 Å². The molecule has 0 aliphatic heterocycles. The molecule has 0 aromatic carbocycles. The van der Waals surface area contributed by atoms with E-state index in [0.29, 0.717) is 5.84 Å². The molecule has 0 bridgehead atoms. The maximum absolute atomic E-state index is 6.52. The van der Waals surface area contributed by atoms with E-state index in [9.17, 15) is 0 Å². The zero-order chi connectivity index (χ0) is 6.41. The van der Waals surface area contributed by atoms with Gasteiger partial charge in [0, 0.05) is 0 Å².